The Morgan fingerprint density at radius 1 is 1.00 bits per heavy atom. The molecule has 0 unspecified atom stereocenters. The summed E-state index contributed by atoms with van der Waals surface area (Å²) in [6.45, 7) is 0.372. The van der Waals surface area contributed by atoms with Crippen molar-refractivity contribution in [3.05, 3.63) is 65.7 Å². The van der Waals surface area contributed by atoms with Crippen LogP contribution in [0.1, 0.15) is 11.3 Å². The third-order valence-corrected chi connectivity index (χ3v) is 3.00. The number of nitrogens with zero attached hydrogens (tertiary/aromatic N) is 1. The first-order chi connectivity index (χ1) is 10.7. The predicted octanol–water partition coefficient (Wildman–Crippen LogP) is 1.20. The molecule has 2 N–H and O–H groups in total. The Morgan fingerprint density at radius 3 is 2.45 bits per heavy atom. The molecule has 0 aliphatic carbocycles. The number of rotatable bonds is 5. The maximum Gasteiger partial charge on any atom is 0.309 e. The van der Waals surface area contributed by atoms with E-state index in [9.17, 15) is 14.0 Å². The van der Waals surface area contributed by atoms with Gasteiger partial charge in [0.2, 0.25) is 0 Å². The fraction of sp³-hybridized carbons (Fsp3) is 0.188. The summed E-state index contributed by atoms with van der Waals surface area (Å²) in [6, 6.07) is 11.6. The number of carbonyl (C=O) groups excluding carboxylic acids is 2. The van der Waals surface area contributed by atoms with E-state index in [4.69, 9.17) is 0 Å². The third-order valence-electron chi connectivity index (χ3n) is 3.00. The quantitative estimate of drug-likeness (QED) is 0.815. The fourth-order valence-corrected chi connectivity index (χ4v) is 1.85. The maximum atomic E-state index is 13.4. The van der Waals surface area contributed by atoms with E-state index in [0.717, 1.165) is 0 Å². The van der Waals surface area contributed by atoms with E-state index in [2.05, 4.69) is 15.6 Å². The summed E-state index contributed by atoms with van der Waals surface area (Å²) in [6.07, 6.45) is 1.93. The average Bonchev–Trinajstić information content (AvgIpc) is 2.55. The number of carbonyl (C=O) groups is 2. The molecule has 22 heavy (non-hydrogen) atoms. The normalized spacial score (nSPS) is 10.0. The van der Waals surface area contributed by atoms with Crippen molar-refractivity contribution in [1.82, 2.24) is 15.6 Å². The van der Waals surface area contributed by atoms with Crippen LogP contribution in [0.15, 0.2) is 48.7 Å². The number of amides is 2. The van der Waals surface area contributed by atoms with Gasteiger partial charge in [-0.1, -0.05) is 24.3 Å². The van der Waals surface area contributed by atoms with Gasteiger partial charge in [-0.05, 0) is 30.2 Å². The van der Waals surface area contributed by atoms with Crippen molar-refractivity contribution in [3.63, 3.8) is 0 Å². The number of hydrogen-bond donors (Lipinski definition) is 2. The minimum absolute atomic E-state index is 0.181. The fourth-order valence-electron chi connectivity index (χ4n) is 1.85. The average molecular weight is 301 g/mol. The molecule has 2 rings (SSSR count). The Hall–Kier alpha value is -2.76. The molecule has 0 saturated heterocycles. The molecule has 1 aromatic heterocycles. The van der Waals surface area contributed by atoms with Crippen molar-refractivity contribution in [1.29, 1.82) is 0 Å². The molecule has 1 heterocycles. The smallest absolute Gasteiger partial charge is 0.309 e. The van der Waals surface area contributed by atoms with Crippen molar-refractivity contribution < 1.29 is 14.0 Å². The summed E-state index contributed by atoms with van der Waals surface area (Å²) < 4.78 is 13.4. The first-order valence-corrected chi connectivity index (χ1v) is 6.86. The highest BCUT2D eigenvalue weighted by atomic mass is 19.1. The SMILES string of the molecule is O=C(NCCc1ccccc1F)C(=O)NCc1ccccn1. The van der Waals surface area contributed by atoms with Gasteiger partial charge in [0.05, 0.1) is 12.2 Å². The first kappa shape index (κ1) is 15.6. The van der Waals surface area contributed by atoms with E-state index in [1.807, 2.05) is 0 Å². The highest BCUT2D eigenvalue weighted by Crippen LogP contribution is 2.06. The van der Waals surface area contributed by atoms with Crippen LogP contribution in [-0.4, -0.2) is 23.3 Å². The van der Waals surface area contributed by atoms with Crippen LogP contribution in [0.4, 0.5) is 4.39 Å². The number of halogens is 1. The van der Waals surface area contributed by atoms with Crippen LogP contribution in [0.3, 0.4) is 0 Å². The third kappa shape index (κ3) is 4.66. The summed E-state index contributed by atoms with van der Waals surface area (Å²) in [5.74, 6) is -1.80. The monoisotopic (exact) mass is 301 g/mol. The van der Waals surface area contributed by atoms with Crippen LogP contribution in [0.2, 0.25) is 0 Å². The van der Waals surface area contributed by atoms with E-state index in [1.54, 1.807) is 42.6 Å². The van der Waals surface area contributed by atoms with Gasteiger partial charge in [-0.25, -0.2) is 4.39 Å². The summed E-state index contributed by atoms with van der Waals surface area (Å²) in [5.41, 5.74) is 1.16. The second kappa shape index (κ2) is 7.87. The van der Waals surface area contributed by atoms with Gasteiger partial charge in [-0.15, -0.1) is 0 Å². The molecule has 6 heteroatoms. The minimum atomic E-state index is -0.743. The van der Waals surface area contributed by atoms with Crippen molar-refractivity contribution in [3.8, 4) is 0 Å². The first-order valence-electron chi connectivity index (χ1n) is 6.86. The molecule has 2 aromatic rings. The molecule has 0 atom stereocenters. The Kier molecular flexibility index (Phi) is 5.59. The van der Waals surface area contributed by atoms with Gasteiger partial charge in [-0.3, -0.25) is 14.6 Å². The van der Waals surface area contributed by atoms with Gasteiger partial charge in [0, 0.05) is 12.7 Å². The predicted molar refractivity (Wildman–Crippen MR) is 79.2 cm³/mol. The van der Waals surface area contributed by atoms with E-state index in [-0.39, 0.29) is 18.9 Å². The molecule has 0 saturated carbocycles. The molecular formula is C16H16FN3O2. The molecule has 0 aliphatic rings. The number of pyridine rings is 1. The second-order valence-electron chi connectivity index (χ2n) is 4.60. The van der Waals surface area contributed by atoms with Crippen molar-refractivity contribution in [2.45, 2.75) is 13.0 Å². The number of benzene rings is 1. The van der Waals surface area contributed by atoms with Crippen LogP contribution in [0, 0.1) is 5.82 Å². The Bertz CT molecular complexity index is 647. The lowest BCUT2D eigenvalue weighted by molar-refractivity contribution is -0.139. The Labute approximate surface area is 127 Å². The Balaban J connectivity index is 1.73. The molecule has 114 valence electrons. The lowest BCUT2D eigenvalue weighted by Gasteiger charge is -2.07. The van der Waals surface area contributed by atoms with Crippen LogP contribution in [0.5, 0.6) is 0 Å². The molecule has 0 fully saturated rings. The van der Waals surface area contributed by atoms with Gasteiger partial charge >= 0.3 is 11.8 Å². The van der Waals surface area contributed by atoms with Gasteiger partial charge in [-0.2, -0.15) is 0 Å². The number of hydrogen-bond acceptors (Lipinski definition) is 3. The highest BCUT2D eigenvalue weighted by Gasteiger charge is 2.12. The lowest BCUT2D eigenvalue weighted by atomic mass is 10.1. The van der Waals surface area contributed by atoms with E-state index < -0.39 is 11.8 Å². The molecular weight excluding hydrogens is 285 g/mol. The zero-order valence-corrected chi connectivity index (χ0v) is 11.9. The maximum absolute atomic E-state index is 13.4. The molecule has 0 spiro atoms. The van der Waals surface area contributed by atoms with Gasteiger partial charge in [0.25, 0.3) is 0 Å². The number of nitrogens with one attached hydrogen (secondary N) is 2. The highest BCUT2D eigenvalue weighted by molar-refractivity contribution is 6.35. The lowest BCUT2D eigenvalue weighted by Crippen LogP contribution is -2.40. The molecule has 0 bridgehead atoms. The van der Waals surface area contributed by atoms with Gasteiger partial charge < -0.3 is 10.6 Å². The molecule has 0 aliphatic heterocycles. The van der Waals surface area contributed by atoms with E-state index in [0.29, 0.717) is 17.7 Å². The Morgan fingerprint density at radius 2 is 1.73 bits per heavy atom. The topological polar surface area (TPSA) is 71.1 Å². The molecule has 1 aromatic carbocycles. The van der Waals surface area contributed by atoms with Crippen molar-refractivity contribution in [2.24, 2.45) is 0 Å². The minimum Gasteiger partial charge on any atom is -0.348 e. The molecule has 2 amide bonds. The summed E-state index contributed by atoms with van der Waals surface area (Å²) in [7, 11) is 0. The van der Waals surface area contributed by atoms with Gasteiger partial charge in [0.15, 0.2) is 0 Å². The van der Waals surface area contributed by atoms with E-state index >= 15 is 0 Å². The number of aromatic nitrogens is 1. The van der Waals surface area contributed by atoms with Crippen LogP contribution < -0.4 is 10.6 Å². The molecule has 0 radical (unpaired) electrons. The van der Waals surface area contributed by atoms with Gasteiger partial charge in [0.1, 0.15) is 5.82 Å². The standard InChI is InChI=1S/C16H16FN3O2/c17-14-7-2-1-5-12(14)8-10-19-15(21)16(22)20-11-13-6-3-4-9-18-13/h1-7,9H,8,10-11H2,(H,19,21)(H,20,22). The zero-order chi connectivity index (χ0) is 15.8. The molecule has 5 nitrogen and oxygen atoms in total. The zero-order valence-electron chi connectivity index (χ0n) is 11.9. The van der Waals surface area contributed by atoms with Crippen LogP contribution in [0.25, 0.3) is 0 Å². The van der Waals surface area contributed by atoms with E-state index in [1.165, 1.54) is 6.07 Å². The van der Waals surface area contributed by atoms with Crippen LogP contribution >= 0.6 is 0 Å². The van der Waals surface area contributed by atoms with Crippen molar-refractivity contribution in [2.75, 3.05) is 6.54 Å². The van der Waals surface area contributed by atoms with Crippen LogP contribution in [-0.2, 0) is 22.6 Å². The summed E-state index contributed by atoms with van der Waals surface area (Å²) in [4.78, 5) is 27.2. The van der Waals surface area contributed by atoms with Crippen molar-refractivity contribution >= 4 is 11.8 Å². The summed E-state index contributed by atoms with van der Waals surface area (Å²) in [5, 5.41) is 4.93. The summed E-state index contributed by atoms with van der Waals surface area (Å²) >= 11 is 0. The largest absolute Gasteiger partial charge is 0.348 e. The second-order valence-corrected chi connectivity index (χ2v) is 4.60.